The van der Waals surface area contributed by atoms with E-state index in [1.807, 2.05) is 31.2 Å². The molecule has 3 N–H and O–H groups in total. The van der Waals surface area contributed by atoms with Crippen molar-refractivity contribution in [1.29, 1.82) is 0 Å². The van der Waals surface area contributed by atoms with Crippen molar-refractivity contribution in [2.45, 2.75) is 45.1 Å². The molecule has 6 nitrogen and oxygen atoms in total. The average Bonchev–Trinajstić information content (AvgIpc) is 2.70. The smallest absolute Gasteiger partial charge is 0.270 e. The number of amides is 2. The maximum atomic E-state index is 13.1. The van der Waals surface area contributed by atoms with Gasteiger partial charge in [-0.3, -0.25) is 9.59 Å². The van der Waals surface area contributed by atoms with Gasteiger partial charge in [0.05, 0.1) is 6.61 Å². The van der Waals surface area contributed by atoms with E-state index >= 15 is 0 Å². The Morgan fingerprint density at radius 2 is 1.93 bits per heavy atom. The third-order valence-electron chi connectivity index (χ3n) is 7.31. The molecule has 0 radical (unpaired) electrons. The number of fused-ring (bicyclic) bond motifs is 1. The first kappa shape index (κ1) is 18.4. The van der Waals surface area contributed by atoms with Crippen LogP contribution in [0.4, 0.5) is 0 Å². The molecule has 6 heteroatoms. The molecule has 0 aliphatic heterocycles. The van der Waals surface area contributed by atoms with Gasteiger partial charge in [0, 0.05) is 16.8 Å². The average molecular weight is 393 g/mol. The lowest BCUT2D eigenvalue weighted by atomic mass is 9.47. The molecule has 0 spiro atoms. The van der Waals surface area contributed by atoms with Crippen LogP contribution in [0.25, 0.3) is 10.9 Å². The number of benzene rings is 1. The molecule has 4 bridgehead atoms. The molecule has 152 valence electrons. The predicted octanol–water partition coefficient (Wildman–Crippen LogP) is 3.04. The number of nitrogens with one attached hydrogen (secondary N) is 1. The lowest BCUT2D eigenvalue weighted by Crippen LogP contribution is -2.62. The van der Waals surface area contributed by atoms with Crippen LogP contribution in [-0.2, 0) is 4.79 Å². The lowest BCUT2D eigenvalue weighted by molar-refractivity contribution is -0.145. The minimum atomic E-state index is -0.342. The van der Waals surface area contributed by atoms with Crippen LogP contribution in [0.1, 0.15) is 49.5 Å². The monoisotopic (exact) mass is 393 g/mol. The summed E-state index contributed by atoms with van der Waals surface area (Å²) >= 11 is 0. The van der Waals surface area contributed by atoms with E-state index in [4.69, 9.17) is 10.5 Å². The molecule has 6 rings (SSSR count). The Hall–Kier alpha value is -2.63. The van der Waals surface area contributed by atoms with Crippen LogP contribution in [0.5, 0.6) is 5.75 Å². The van der Waals surface area contributed by atoms with E-state index in [1.165, 1.54) is 0 Å². The lowest BCUT2D eigenvalue weighted by Gasteiger charge is -2.58. The molecular weight excluding hydrogens is 366 g/mol. The summed E-state index contributed by atoms with van der Waals surface area (Å²) in [5.74, 6) is 1.62. The molecule has 1 heterocycles. The van der Waals surface area contributed by atoms with Crippen molar-refractivity contribution in [2.24, 2.45) is 28.9 Å². The highest BCUT2D eigenvalue weighted by molar-refractivity contribution is 5.96. The van der Waals surface area contributed by atoms with Gasteiger partial charge < -0.3 is 15.8 Å². The van der Waals surface area contributed by atoms with Crippen molar-refractivity contribution in [3.8, 4) is 5.75 Å². The first-order valence-corrected chi connectivity index (χ1v) is 10.6. The summed E-state index contributed by atoms with van der Waals surface area (Å²) in [6.45, 7) is 2.48. The SMILES string of the molecule is CCOc1cccc2ccc(C(=O)NC3C4CC5CC3CC(C(N)=O)(C5)C4)nc12. The van der Waals surface area contributed by atoms with Gasteiger partial charge in [0.25, 0.3) is 5.91 Å². The Balaban J connectivity index is 1.39. The van der Waals surface area contributed by atoms with E-state index in [0.29, 0.717) is 41.3 Å². The van der Waals surface area contributed by atoms with Crippen LogP contribution < -0.4 is 15.8 Å². The first-order chi connectivity index (χ1) is 14.0. The van der Waals surface area contributed by atoms with Gasteiger partial charge in [0.1, 0.15) is 17.0 Å². The van der Waals surface area contributed by atoms with E-state index in [0.717, 1.165) is 37.5 Å². The second-order valence-corrected chi connectivity index (χ2v) is 9.07. The molecule has 2 atom stereocenters. The summed E-state index contributed by atoms with van der Waals surface area (Å²) in [7, 11) is 0. The third kappa shape index (κ3) is 2.96. The number of carbonyl (C=O) groups is 2. The van der Waals surface area contributed by atoms with Crippen molar-refractivity contribution in [3.63, 3.8) is 0 Å². The molecule has 0 saturated heterocycles. The number of hydrogen-bond donors (Lipinski definition) is 2. The summed E-state index contributed by atoms with van der Waals surface area (Å²) in [6.07, 6.45) is 4.70. The van der Waals surface area contributed by atoms with Crippen molar-refractivity contribution in [2.75, 3.05) is 6.61 Å². The zero-order valence-electron chi connectivity index (χ0n) is 16.7. The second-order valence-electron chi connectivity index (χ2n) is 9.07. The van der Waals surface area contributed by atoms with Crippen molar-refractivity contribution >= 4 is 22.7 Å². The molecule has 4 fully saturated rings. The van der Waals surface area contributed by atoms with Gasteiger partial charge in [0.2, 0.25) is 5.91 Å². The van der Waals surface area contributed by atoms with Crippen molar-refractivity contribution in [3.05, 3.63) is 36.0 Å². The fourth-order valence-corrected chi connectivity index (χ4v) is 6.31. The summed E-state index contributed by atoms with van der Waals surface area (Å²) in [6, 6.07) is 9.56. The Morgan fingerprint density at radius 3 is 2.62 bits per heavy atom. The van der Waals surface area contributed by atoms with Gasteiger partial charge in [-0.1, -0.05) is 18.2 Å². The Bertz CT molecular complexity index is 972. The van der Waals surface area contributed by atoms with Gasteiger partial charge in [0.15, 0.2) is 0 Å². The molecule has 1 aromatic heterocycles. The molecule has 2 aromatic rings. The fraction of sp³-hybridized carbons (Fsp3) is 0.522. The minimum absolute atomic E-state index is 0.103. The summed E-state index contributed by atoms with van der Waals surface area (Å²) in [5.41, 5.74) is 6.54. The van der Waals surface area contributed by atoms with Gasteiger partial charge in [-0.15, -0.1) is 0 Å². The predicted molar refractivity (Wildman–Crippen MR) is 109 cm³/mol. The Kier molecular flexibility index (Phi) is 4.26. The molecule has 4 aliphatic carbocycles. The van der Waals surface area contributed by atoms with Crippen LogP contribution >= 0.6 is 0 Å². The zero-order chi connectivity index (χ0) is 20.2. The molecule has 2 amide bonds. The van der Waals surface area contributed by atoms with Crippen molar-refractivity contribution in [1.82, 2.24) is 10.3 Å². The number of pyridine rings is 1. The molecular formula is C23H27N3O3. The third-order valence-corrected chi connectivity index (χ3v) is 7.31. The molecule has 1 aromatic carbocycles. The van der Waals surface area contributed by atoms with Gasteiger partial charge in [-0.05, 0) is 68.9 Å². The van der Waals surface area contributed by atoms with Gasteiger partial charge in [-0.2, -0.15) is 0 Å². The highest BCUT2D eigenvalue weighted by Gasteiger charge is 2.58. The minimum Gasteiger partial charge on any atom is -0.492 e. The van der Waals surface area contributed by atoms with E-state index in [2.05, 4.69) is 10.3 Å². The number of carbonyl (C=O) groups excluding carboxylic acids is 2. The number of nitrogens with zero attached hydrogens (tertiary/aromatic N) is 1. The van der Waals surface area contributed by atoms with E-state index in [-0.39, 0.29) is 23.3 Å². The molecule has 4 aliphatic rings. The van der Waals surface area contributed by atoms with Crippen LogP contribution in [0.2, 0.25) is 0 Å². The maximum Gasteiger partial charge on any atom is 0.270 e. The summed E-state index contributed by atoms with van der Waals surface area (Å²) in [5, 5.41) is 4.21. The zero-order valence-corrected chi connectivity index (χ0v) is 16.7. The number of primary amides is 1. The van der Waals surface area contributed by atoms with Crippen LogP contribution in [0.3, 0.4) is 0 Å². The largest absolute Gasteiger partial charge is 0.492 e. The number of para-hydroxylation sites is 1. The van der Waals surface area contributed by atoms with E-state index in [1.54, 1.807) is 6.07 Å². The van der Waals surface area contributed by atoms with Gasteiger partial charge in [-0.25, -0.2) is 4.98 Å². The standard InChI is InChI=1S/C23H27N3O3/c1-2-29-18-5-3-4-14-6-7-17(25-20(14)18)21(27)26-19-15-8-13-9-16(19)12-23(10-13,11-15)22(24)28/h3-7,13,15-16,19H,2,8-12H2,1H3,(H2,24,28)(H,26,27). The highest BCUT2D eigenvalue weighted by atomic mass is 16.5. The van der Waals surface area contributed by atoms with Gasteiger partial charge >= 0.3 is 0 Å². The van der Waals surface area contributed by atoms with E-state index in [9.17, 15) is 9.59 Å². The highest BCUT2D eigenvalue weighted by Crippen LogP contribution is 2.59. The number of rotatable bonds is 5. The van der Waals surface area contributed by atoms with Crippen molar-refractivity contribution < 1.29 is 14.3 Å². The molecule has 2 unspecified atom stereocenters. The van der Waals surface area contributed by atoms with Crippen LogP contribution in [0, 0.1) is 23.2 Å². The number of nitrogens with two attached hydrogens (primary N) is 1. The summed E-state index contributed by atoms with van der Waals surface area (Å²) < 4.78 is 5.68. The topological polar surface area (TPSA) is 94.3 Å². The first-order valence-electron chi connectivity index (χ1n) is 10.6. The van der Waals surface area contributed by atoms with Crippen LogP contribution in [-0.4, -0.2) is 29.4 Å². The Labute approximate surface area is 170 Å². The number of hydrogen-bond acceptors (Lipinski definition) is 4. The number of ether oxygens (including phenoxy) is 1. The summed E-state index contributed by atoms with van der Waals surface area (Å²) in [4.78, 5) is 29.8. The van der Waals surface area contributed by atoms with Crippen LogP contribution in [0.15, 0.2) is 30.3 Å². The Morgan fingerprint density at radius 1 is 1.17 bits per heavy atom. The quantitative estimate of drug-likeness (QED) is 0.816. The number of aromatic nitrogens is 1. The molecule has 4 saturated carbocycles. The maximum absolute atomic E-state index is 13.1. The molecule has 29 heavy (non-hydrogen) atoms. The fourth-order valence-electron chi connectivity index (χ4n) is 6.31. The second kappa shape index (κ2) is 6.71. The van der Waals surface area contributed by atoms with E-state index < -0.39 is 0 Å². The normalized spacial score (nSPS) is 32.3.